The molecule has 0 aliphatic carbocycles. The Morgan fingerprint density at radius 1 is 1.20 bits per heavy atom. The van der Waals surface area contributed by atoms with Crippen LogP contribution in [0.2, 0.25) is 0 Å². The second kappa shape index (κ2) is 6.29. The Balaban J connectivity index is 3.15. The van der Waals surface area contributed by atoms with Gasteiger partial charge in [-0.1, -0.05) is 5.92 Å². The first-order chi connectivity index (χ1) is 9.35. The number of carbonyl (C=O) groups excluding carboxylic acids is 1. The Morgan fingerprint density at radius 3 is 2.10 bits per heavy atom. The largest absolute Gasteiger partial charge is 0.446 e. The molecule has 0 fully saturated rings. The summed E-state index contributed by atoms with van der Waals surface area (Å²) < 4.78 is 4.89. The first kappa shape index (κ1) is 15.1. The fraction of sp³-hybridized carbons (Fsp3) is 0.250. The summed E-state index contributed by atoms with van der Waals surface area (Å²) in [5.74, 6) is 4.19. The van der Waals surface area contributed by atoms with Gasteiger partial charge in [-0.3, -0.25) is 20.2 Å². The highest BCUT2D eigenvalue weighted by molar-refractivity contribution is 5.91. The monoisotopic (exact) mass is 278 g/mol. The number of nitro benzene ring substituents is 2. The third kappa shape index (κ3) is 3.78. The molecule has 0 bridgehead atoms. The predicted molar refractivity (Wildman–Crippen MR) is 68.1 cm³/mol. The molecule has 0 amide bonds. The zero-order valence-electron chi connectivity index (χ0n) is 10.7. The van der Waals surface area contributed by atoms with E-state index in [4.69, 9.17) is 4.74 Å². The Morgan fingerprint density at radius 2 is 1.70 bits per heavy atom. The molecular weight excluding hydrogens is 268 g/mol. The highest BCUT2D eigenvalue weighted by atomic mass is 16.6. The summed E-state index contributed by atoms with van der Waals surface area (Å²) in [6.07, 6.45) is -0.717. The molecule has 8 heteroatoms. The van der Waals surface area contributed by atoms with Crippen LogP contribution in [0.5, 0.6) is 0 Å². The molecule has 8 nitrogen and oxygen atoms in total. The number of rotatable bonds is 4. The highest BCUT2D eigenvalue weighted by Gasteiger charge is 2.21. The van der Waals surface area contributed by atoms with E-state index < -0.39 is 33.3 Å². The lowest BCUT2D eigenvalue weighted by Gasteiger charge is -2.07. The van der Waals surface area contributed by atoms with Crippen LogP contribution in [0.15, 0.2) is 18.2 Å². The van der Waals surface area contributed by atoms with Crippen molar-refractivity contribution in [2.24, 2.45) is 0 Å². The molecule has 20 heavy (non-hydrogen) atoms. The van der Waals surface area contributed by atoms with Crippen LogP contribution in [0.4, 0.5) is 11.4 Å². The lowest BCUT2D eigenvalue weighted by atomic mass is 10.1. The van der Waals surface area contributed by atoms with Crippen LogP contribution >= 0.6 is 0 Å². The Bertz CT molecular complexity index is 596. The molecule has 0 unspecified atom stereocenters. The van der Waals surface area contributed by atoms with Crippen LogP contribution in [0.3, 0.4) is 0 Å². The molecule has 1 aromatic rings. The van der Waals surface area contributed by atoms with Crippen molar-refractivity contribution in [2.45, 2.75) is 20.0 Å². The van der Waals surface area contributed by atoms with Crippen LogP contribution in [-0.4, -0.2) is 21.9 Å². The molecule has 0 saturated heterocycles. The normalized spacial score (nSPS) is 10.9. The number of benzene rings is 1. The molecule has 1 aromatic carbocycles. The van der Waals surface area contributed by atoms with Gasteiger partial charge in [-0.05, 0) is 13.8 Å². The Hall–Kier alpha value is -2.95. The Labute approximate surface area is 113 Å². The van der Waals surface area contributed by atoms with E-state index in [1.807, 2.05) is 0 Å². The number of non-ortho nitro benzene ring substituents is 2. The summed E-state index contributed by atoms with van der Waals surface area (Å²) in [5, 5.41) is 21.4. The van der Waals surface area contributed by atoms with Gasteiger partial charge >= 0.3 is 5.97 Å². The number of hydrogen-bond acceptors (Lipinski definition) is 6. The first-order valence-electron chi connectivity index (χ1n) is 5.42. The minimum Gasteiger partial charge on any atom is -0.446 e. The molecule has 1 rings (SSSR count). The zero-order chi connectivity index (χ0) is 15.3. The van der Waals surface area contributed by atoms with Gasteiger partial charge in [0.2, 0.25) is 0 Å². The minimum absolute atomic E-state index is 0.268. The van der Waals surface area contributed by atoms with E-state index in [0.717, 1.165) is 18.2 Å². The SMILES string of the molecule is CC#C[C@@H](C)OC(=O)c1cc([N+](=O)[O-])cc([N+](=O)[O-])c1. The van der Waals surface area contributed by atoms with E-state index in [-0.39, 0.29) is 5.56 Å². The average Bonchev–Trinajstić information content (AvgIpc) is 2.38. The predicted octanol–water partition coefficient (Wildman–Crippen LogP) is 2.07. The number of nitro groups is 2. The number of hydrogen-bond donors (Lipinski definition) is 0. The van der Waals surface area contributed by atoms with Crippen LogP contribution in [0.1, 0.15) is 24.2 Å². The summed E-state index contributed by atoms with van der Waals surface area (Å²) in [6.45, 7) is 3.07. The van der Waals surface area contributed by atoms with Gasteiger partial charge in [0, 0.05) is 12.1 Å². The van der Waals surface area contributed by atoms with E-state index >= 15 is 0 Å². The number of ether oxygens (including phenoxy) is 1. The molecule has 1 atom stereocenters. The molecule has 0 saturated carbocycles. The minimum atomic E-state index is -0.910. The molecular formula is C12H10N2O6. The van der Waals surface area contributed by atoms with Gasteiger partial charge in [0.15, 0.2) is 6.10 Å². The summed E-state index contributed by atoms with van der Waals surface area (Å²) in [5.41, 5.74) is -1.38. The molecule has 0 aromatic heterocycles. The molecule has 0 spiro atoms. The first-order valence-corrected chi connectivity index (χ1v) is 5.42. The second-order valence-electron chi connectivity index (χ2n) is 3.69. The van der Waals surface area contributed by atoms with Crippen LogP contribution in [0, 0.1) is 32.1 Å². The van der Waals surface area contributed by atoms with E-state index in [1.54, 1.807) is 6.92 Å². The standard InChI is InChI=1S/C12H10N2O6/c1-3-4-8(2)20-12(15)9-5-10(13(16)17)7-11(6-9)14(18)19/h5-8H,1-2H3/t8-/m1/s1. The third-order valence-corrected chi connectivity index (χ3v) is 2.19. The van der Waals surface area contributed by atoms with Crippen molar-refractivity contribution in [3.05, 3.63) is 44.0 Å². The average molecular weight is 278 g/mol. The smallest absolute Gasteiger partial charge is 0.339 e. The topological polar surface area (TPSA) is 113 Å². The van der Waals surface area contributed by atoms with Gasteiger partial charge in [-0.25, -0.2) is 4.79 Å². The third-order valence-electron chi connectivity index (χ3n) is 2.19. The number of carbonyl (C=O) groups is 1. The Kier molecular flexibility index (Phi) is 4.75. The molecule has 0 aliphatic heterocycles. The van der Waals surface area contributed by atoms with Crippen LogP contribution in [-0.2, 0) is 4.74 Å². The van der Waals surface area contributed by atoms with Gasteiger partial charge in [0.1, 0.15) is 0 Å². The van der Waals surface area contributed by atoms with Crippen molar-refractivity contribution in [2.75, 3.05) is 0 Å². The molecule has 0 N–H and O–H groups in total. The fourth-order valence-electron chi connectivity index (χ4n) is 1.39. The maximum Gasteiger partial charge on any atom is 0.339 e. The van der Waals surface area contributed by atoms with Crippen molar-refractivity contribution in [3.63, 3.8) is 0 Å². The van der Waals surface area contributed by atoms with Gasteiger partial charge in [-0.15, -0.1) is 5.92 Å². The highest BCUT2D eigenvalue weighted by Crippen LogP contribution is 2.23. The quantitative estimate of drug-likeness (QED) is 0.360. The van der Waals surface area contributed by atoms with Crippen molar-refractivity contribution >= 4 is 17.3 Å². The van der Waals surface area contributed by atoms with Gasteiger partial charge in [0.05, 0.1) is 21.5 Å². The maximum atomic E-state index is 11.7. The van der Waals surface area contributed by atoms with E-state index in [1.165, 1.54) is 6.92 Å². The van der Waals surface area contributed by atoms with Crippen LogP contribution < -0.4 is 0 Å². The molecule has 104 valence electrons. The molecule has 0 heterocycles. The van der Waals surface area contributed by atoms with Gasteiger partial charge in [0.25, 0.3) is 11.4 Å². The summed E-state index contributed by atoms with van der Waals surface area (Å²) in [7, 11) is 0. The van der Waals surface area contributed by atoms with E-state index in [2.05, 4.69) is 11.8 Å². The second-order valence-corrected chi connectivity index (χ2v) is 3.69. The summed E-state index contributed by atoms with van der Waals surface area (Å²) in [4.78, 5) is 31.5. The van der Waals surface area contributed by atoms with Gasteiger partial charge in [-0.2, -0.15) is 0 Å². The van der Waals surface area contributed by atoms with Gasteiger partial charge < -0.3 is 4.74 Å². The molecule has 0 aliphatic rings. The van der Waals surface area contributed by atoms with Crippen molar-refractivity contribution < 1.29 is 19.4 Å². The van der Waals surface area contributed by atoms with Crippen molar-refractivity contribution in [3.8, 4) is 11.8 Å². The number of nitrogens with zero attached hydrogens (tertiary/aromatic N) is 2. The fourth-order valence-corrected chi connectivity index (χ4v) is 1.39. The van der Waals surface area contributed by atoms with E-state index in [9.17, 15) is 25.0 Å². The maximum absolute atomic E-state index is 11.7. The lowest BCUT2D eigenvalue weighted by Crippen LogP contribution is -2.13. The summed E-state index contributed by atoms with van der Waals surface area (Å²) in [6, 6.07) is 2.61. The summed E-state index contributed by atoms with van der Waals surface area (Å²) >= 11 is 0. The zero-order valence-corrected chi connectivity index (χ0v) is 10.7. The van der Waals surface area contributed by atoms with Crippen LogP contribution in [0.25, 0.3) is 0 Å². The molecule has 0 radical (unpaired) electrons. The number of esters is 1. The lowest BCUT2D eigenvalue weighted by molar-refractivity contribution is -0.394. The van der Waals surface area contributed by atoms with Crippen molar-refractivity contribution in [1.82, 2.24) is 0 Å². The van der Waals surface area contributed by atoms with E-state index in [0.29, 0.717) is 0 Å². The van der Waals surface area contributed by atoms with Crippen molar-refractivity contribution in [1.29, 1.82) is 0 Å².